The zero-order valence-corrected chi connectivity index (χ0v) is 14.5. The quantitative estimate of drug-likeness (QED) is 0.885. The molecule has 0 radical (unpaired) electrons. The van der Waals surface area contributed by atoms with Crippen molar-refractivity contribution in [1.29, 1.82) is 0 Å². The summed E-state index contributed by atoms with van der Waals surface area (Å²) in [5.41, 5.74) is 1.91. The van der Waals surface area contributed by atoms with Gasteiger partial charge in [0, 0.05) is 13.1 Å². The highest BCUT2D eigenvalue weighted by Gasteiger charge is 2.24. The van der Waals surface area contributed by atoms with E-state index in [1.54, 1.807) is 12.1 Å². The molecule has 0 aliphatic carbocycles. The Morgan fingerprint density at radius 1 is 1.33 bits per heavy atom. The number of likely N-dealkylation sites (N-methyl/N-ethyl adjacent to an activating group) is 1. The molecule has 0 saturated carbocycles. The van der Waals surface area contributed by atoms with E-state index >= 15 is 0 Å². The van der Waals surface area contributed by atoms with Crippen molar-refractivity contribution in [2.75, 3.05) is 24.9 Å². The minimum atomic E-state index is -3.73. The van der Waals surface area contributed by atoms with Crippen LogP contribution < -0.4 is 9.46 Å². The molecule has 24 heavy (non-hydrogen) atoms. The summed E-state index contributed by atoms with van der Waals surface area (Å²) in [4.78, 5) is 10.5. The maximum Gasteiger partial charge on any atom is 0.263 e. The number of benzene rings is 1. The van der Waals surface area contributed by atoms with Crippen LogP contribution in [0.5, 0.6) is 5.88 Å². The van der Waals surface area contributed by atoms with E-state index in [2.05, 4.69) is 19.6 Å². The van der Waals surface area contributed by atoms with Crippen LogP contribution in [0, 0.1) is 0 Å². The van der Waals surface area contributed by atoms with Gasteiger partial charge in [-0.05, 0) is 37.6 Å². The number of hydrogen-bond acceptors (Lipinski definition) is 6. The second-order valence-corrected chi connectivity index (χ2v) is 7.31. The highest BCUT2D eigenvalue weighted by atomic mass is 32.2. The minimum Gasteiger partial charge on any atom is -0.477 e. The molecule has 3 rings (SSSR count). The number of nitrogens with zero attached hydrogens (tertiary/aromatic N) is 3. The van der Waals surface area contributed by atoms with Crippen LogP contribution >= 0.6 is 0 Å². The molecule has 0 bridgehead atoms. The van der Waals surface area contributed by atoms with E-state index in [4.69, 9.17) is 4.74 Å². The predicted molar refractivity (Wildman–Crippen MR) is 90.5 cm³/mol. The highest BCUT2D eigenvalue weighted by molar-refractivity contribution is 7.92. The lowest BCUT2D eigenvalue weighted by Crippen LogP contribution is -2.28. The number of hydrogen-bond donors (Lipinski definition) is 1. The Balaban J connectivity index is 1.92. The van der Waals surface area contributed by atoms with Crippen molar-refractivity contribution in [3.05, 3.63) is 41.7 Å². The van der Waals surface area contributed by atoms with Crippen LogP contribution in [-0.2, 0) is 23.0 Å². The van der Waals surface area contributed by atoms with Crippen LogP contribution in [0.1, 0.15) is 18.1 Å². The third-order valence-corrected chi connectivity index (χ3v) is 5.29. The predicted octanol–water partition coefficient (Wildman–Crippen LogP) is 1.66. The number of nitrogens with one attached hydrogen (secondary N) is 1. The maximum atomic E-state index is 12.8. The zero-order chi connectivity index (χ0) is 17.2. The molecule has 1 aliphatic rings. The average molecular weight is 348 g/mol. The molecule has 7 nitrogen and oxygen atoms in total. The van der Waals surface area contributed by atoms with Gasteiger partial charge in [-0.2, -0.15) is 4.98 Å². The second kappa shape index (κ2) is 6.74. The van der Waals surface area contributed by atoms with Gasteiger partial charge in [-0.25, -0.2) is 8.42 Å². The molecular formula is C16H20N4O3S. The van der Waals surface area contributed by atoms with Crippen LogP contribution in [0.4, 0.5) is 5.82 Å². The van der Waals surface area contributed by atoms with Gasteiger partial charge in [-0.15, -0.1) is 0 Å². The van der Waals surface area contributed by atoms with E-state index in [-0.39, 0.29) is 11.7 Å². The Bertz CT molecular complexity index is 839. The number of anilines is 1. The molecule has 2 aromatic rings. The van der Waals surface area contributed by atoms with Gasteiger partial charge >= 0.3 is 0 Å². The number of sulfonamides is 1. The van der Waals surface area contributed by atoms with Crippen molar-refractivity contribution < 1.29 is 13.2 Å². The molecule has 0 amide bonds. The van der Waals surface area contributed by atoms with E-state index in [1.165, 1.54) is 12.4 Å². The van der Waals surface area contributed by atoms with Crippen LogP contribution in [0.2, 0.25) is 0 Å². The van der Waals surface area contributed by atoms with Crippen LogP contribution in [0.3, 0.4) is 0 Å². The smallest absolute Gasteiger partial charge is 0.263 e. The summed E-state index contributed by atoms with van der Waals surface area (Å²) in [6, 6.07) is 5.38. The van der Waals surface area contributed by atoms with Crippen molar-refractivity contribution in [2.24, 2.45) is 0 Å². The Labute approximate surface area is 141 Å². The lowest BCUT2D eigenvalue weighted by Gasteiger charge is -2.26. The zero-order valence-electron chi connectivity index (χ0n) is 13.7. The topological polar surface area (TPSA) is 84.4 Å². The summed E-state index contributed by atoms with van der Waals surface area (Å²) < 4.78 is 33.3. The molecule has 0 fully saturated rings. The average Bonchev–Trinajstić information content (AvgIpc) is 2.54. The van der Waals surface area contributed by atoms with Crippen LogP contribution in [-0.4, -0.2) is 43.5 Å². The van der Waals surface area contributed by atoms with Crippen LogP contribution in [0.25, 0.3) is 0 Å². The summed E-state index contributed by atoms with van der Waals surface area (Å²) in [5.74, 6) is 0.431. The van der Waals surface area contributed by atoms with Gasteiger partial charge in [0.05, 0.1) is 23.9 Å². The highest BCUT2D eigenvalue weighted by Crippen LogP contribution is 2.26. The van der Waals surface area contributed by atoms with E-state index in [9.17, 15) is 8.42 Å². The summed E-state index contributed by atoms with van der Waals surface area (Å²) in [6.07, 6.45) is 3.51. The molecule has 8 heteroatoms. The van der Waals surface area contributed by atoms with Crippen molar-refractivity contribution >= 4 is 15.8 Å². The first kappa shape index (κ1) is 16.7. The minimum absolute atomic E-state index is 0.145. The lowest BCUT2D eigenvalue weighted by molar-refractivity contribution is 0.311. The van der Waals surface area contributed by atoms with Crippen molar-refractivity contribution in [2.45, 2.75) is 24.8 Å². The van der Waals surface area contributed by atoms with E-state index < -0.39 is 10.0 Å². The summed E-state index contributed by atoms with van der Waals surface area (Å²) in [5, 5.41) is 0. The molecule has 1 aromatic heterocycles. The van der Waals surface area contributed by atoms with Crippen LogP contribution in [0.15, 0.2) is 35.5 Å². The Morgan fingerprint density at radius 2 is 2.17 bits per heavy atom. The molecule has 1 aromatic carbocycles. The molecule has 0 unspecified atom stereocenters. The fourth-order valence-corrected chi connectivity index (χ4v) is 4.07. The van der Waals surface area contributed by atoms with Gasteiger partial charge in [0.2, 0.25) is 5.88 Å². The first-order valence-electron chi connectivity index (χ1n) is 7.76. The number of aromatic nitrogens is 2. The number of ether oxygens (including phenoxy) is 1. The molecule has 0 spiro atoms. The SMILES string of the molecule is CCOc1cncc(NS(=O)(=O)c2cccc3c2CCN(C)C3)n1. The normalized spacial score (nSPS) is 14.9. The summed E-state index contributed by atoms with van der Waals surface area (Å²) in [7, 11) is -1.71. The van der Waals surface area contributed by atoms with E-state index in [0.29, 0.717) is 17.9 Å². The molecule has 2 heterocycles. The van der Waals surface area contributed by atoms with Gasteiger partial charge in [0.15, 0.2) is 5.82 Å². The third kappa shape index (κ3) is 3.49. The molecular weight excluding hydrogens is 328 g/mol. The van der Waals surface area contributed by atoms with Gasteiger partial charge in [0.1, 0.15) is 0 Å². The summed E-state index contributed by atoms with van der Waals surface area (Å²) >= 11 is 0. The molecule has 0 atom stereocenters. The fraction of sp³-hybridized carbons (Fsp3) is 0.375. The largest absolute Gasteiger partial charge is 0.477 e. The maximum absolute atomic E-state index is 12.8. The number of rotatable bonds is 5. The lowest BCUT2D eigenvalue weighted by atomic mass is 10.0. The molecule has 1 N–H and O–H groups in total. The van der Waals surface area contributed by atoms with Gasteiger partial charge in [-0.3, -0.25) is 9.71 Å². The Hall–Kier alpha value is -2.19. The Kier molecular flexibility index (Phi) is 4.68. The van der Waals surface area contributed by atoms with Gasteiger partial charge < -0.3 is 9.64 Å². The van der Waals surface area contributed by atoms with Gasteiger partial charge in [0.25, 0.3) is 10.0 Å². The fourth-order valence-electron chi connectivity index (χ4n) is 2.77. The number of fused-ring (bicyclic) bond motifs is 1. The molecule has 128 valence electrons. The summed E-state index contributed by atoms with van der Waals surface area (Å²) in [6.45, 7) is 3.84. The van der Waals surface area contributed by atoms with Crippen molar-refractivity contribution in [1.82, 2.24) is 14.9 Å². The standard InChI is InChI=1S/C16H20N4O3S/c1-3-23-16-10-17-9-15(18-16)19-24(21,22)14-6-4-5-12-11-20(2)8-7-13(12)14/h4-6,9-10H,3,7-8,11H2,1-2H3,(H,18,19). The van der Waals surface area contributed by atoms with Crippen molar-refractivity contribution in [3.8, 4) is 5.88 Å². The van der Waals surface area contributed by atoms with Gasteiger partial charge in [-0.1, -0.05) is 12.1 Å². The second-order valence-electron chi connectivity index (χ2n) is 5.66. The van der Waals surface area contributed by atoms with Crippen molar-refractivity contribution in [3.63, 3.8) is 0 Å². The van der Waals surface area contributed by atoms with E-state index in [0.717, 1.165) is 24.2 Å². The molecule has 0 saturated heterocycles. The molecule has 1 aliphatic heterocycles. The first-order chi connectivity index (χ1) is 11.5. The monoisotopic (exact) mass is 348 g/mol. The Morgan fingerprint density at radius 3 is 2.96 bits per heavy atom. The first-order valence-corrected chi connectivity index (χ1v) is 9.25. The third-order valence-electron chi connectivity index (χ3n) is 3.85. The van der Waals surface area contributed by atoms with E-state index in [1.807, 2.05) is 20.0 Å².